The molecule has 17 heavy (non-hydrogen) atoms. The predicted molar refractivity (Wildman–Crippen MR) is 74.5 cm³/mol. The molecule has 2 nitrogen and oxygen atoms in total. The first-order chi connectivity index (χ1) is 7.97. The van der Waals surface area contributed by atoms with E-state index in [9.17, 15) is 0 Å². The highest BCUT2D eigenvalue weighted by molar-refractivity contribution is 7.71. The molecule has 0 saturated carbocycles. The Kier molecular flexibility index (Phi) is 3.20. The maximum atomic E-state index is 5.39. The molecular formula is C14H18N2S. The maximum absolute atomic E-state index is 5.39. The van der Waals surface area contributed by atoms with Crippen LogP contribution in [0.25, 0.3) is 5.69 Å². The van der Waals surface area contributed by atoms with Gasteiger partial charge in [-0.1, -0.05) is 32.1 Å². The van der Waals surface area contributed by atoms with E-state index in [1.165, 1.54) is 16.8 Å². The molecule has 1 aromatic heterocycles. The van der Waals surface area contributed by atoms with E-state index < -0.39 is 0 Å². The molecule has 0 saturated heterocycles. The molecular weight excluding hydrogens is 228 g/mol. The third-order valence-electron chi connectivity index (χ3n) is 2.83. The van der Waals surface area contributed by atoms with Gasteiger partial charge in [0.1, 0.15) is 4.64 Å². The van der Waals surface area contributed by atoms with Gasteiger partial charge in [-0.25, -0.2) is 4.68 Å². The van der Waals surface area contributed by atoms with Crippen LogP contribution in [0.2, 0.25) is 0 Å². The maximum Gasteiger partial charge on any atom is 0.127 e. The number of nitrogens with zero attached hydrogens (tertiary/aromatic N) is 1. The van der Waals surface area contributed by atoms with E-state index in [1.807, 2.05) is 10.7 Å². The summed E-state index contributed by atoms with van der Waals surface area (Å²) in [6.45, 7) is 8.53. The van der Waals surface area contributed by atoms with Crippen LogP contribution in [0.4, 0.5) is 0 Å². The van der Waals surface area contributed by atoms with Crippen LogP contribution in [0.5, 0.6) is 0 Å². The molecule has 0 unspecified atom stereocenters. The van der Waals surface area contributed by atoms with Crippen molar-refractivity contribution in [3.8, 4) is 5.69 Å². The fraction of sp³-hybridized carbons (Fsp3) is 0.357. The molecule has 0 fully saturated rings. The monoisotopic (exact) mass is 246 g/mol. The van der Waals surface area contributed by atoms with Crippen LogP contribution < -0.4 is 0 Å². The first-order valence-electron chi connectivity index (χ1n) is 5.88. The number of H-pyrrole nitrogens is 1. The normalized spacial score (nSPS) is 11.1. The first kappa shape index (κ1) is 12.1. The Bertz CT molecular complexity index is 570. The van der Waals surface area contributed by atoms with Gasteiger partial charge >= 0.3 is 0 Å². The quantitative estimate of drug-likeness (QED) is 0.785. The Morgan fingerprint density at radius 2 is 1.65 bits per heavy atom. The molecule has 0 atom stereocenters. The second-order valence-electron chi connectivity index (χ2n) is 4.89. The Morgan fingerprint density at radius 1 is 1.06 bits per heavy atom. The molecule has 0 aliphatic carbocycles. The fourth-order valence-electron chi connectivity index (χ4n) is 1.98. The Morgan fingerprint density at radius 3 is 2.12 bits per heavy atom. The van der Waals surface area contributed by atoms with Gasteiger partial charge in [0.2, 0.25) is 0 Å². The number of aromatic amines is 1. The molecule has 1 heterocycles. The van der Waals surface area contributed by atoms with Crippen molar-refractivity contribution in [3.05, 3.63) is 45.7 Å². The molecule has 0 radical (unpaired) electrons. The zero-order valence-corrected chi connectivity index (χ0v) is 11.6. The van der Waals surface area contributed by atoms with Crippen molar-refractivity contribution in [1.29, 1.82) is 0 Å². The molecule has 0 aliphatic rings. The number of nitrogens with one attached hydrogen (secondary N) is 1. The molecule has 3 heteroatoms. The van der Waals surface area contributed by atoms with Crippen LogP contribution in [-0.4, -0.2) is 9.78 Å². The zero-order chi connectivity index (χ0) is 12.6. The topological polar surface area (TPSA) is 20.7 Å². The van der Waals surface area contributed by atoms with Crippen molar-refractivity contribution in [2.75, 3.05) is 0 Å². The zero-order valence-electron chi connectivity index (χ0n) is 10.7. The molecule has 0 bridgehead atoms. The highest BCUT2D eigenvalue weighted by atomic mass is 32.1. The molecule has 2 rings (SSSR count). The summed E-state index contributed by atoms with van der Waals surface area (Å²) in [5.41, 5.74) is 4.79. The van der Waals surface area contributed by atoms with E-state index >= 15 is 0 Å². The van der Waals surface area contributed by atoms with E-state index in [-0.39, 0.29) is 0 Å². The number of aromatic nitrogens is 2. The average Bonchev–Trinajstić information content (AvgIpc) is 2.59. The lowest BCUT2D eigenvalue weighted by Gasteiger charge is -2.07. The Labute approximate surface area is 107 Å². The van der Waals surface area contributed by atoms with Crippen molar-refractivity contribution in [2.45, 2.75) is 33.6 Å². The first-order valence-corrected chi connectivity index (χ1v) is 6.29. The van der Waals surface area contributed by atoms with E-state index in [0.717, 1.165) is 10.3 Å². The van der Waals surface area contributed by atoms with Gasteiger partial charge in [0, 0.05) is 5.69 Å². The van der Waals surface area contributed by atoms with Gasteiger partial charge in [-0.2, -0.15) is 0 Å². The van der Waals surface area contributed by atoms with Crippen LogP contribution in [0, 0.1) is 18.5 Å². The van der Waals surface area contributed by atoms with Crippen molar-refractivity contribution in [3.63, 3.8) is 0 Å². The SMILES string of the molecule is Cc1cc(C)cc(-n2[nH]c(C(C)C)cc2=S)c1. The second-order valence-corrected chi connectivity index (χ2v) is 5.30. The summed E-state index contributed by atoms with van der Waals surface area (Å²) in [7, 11) is 0. The van der Waals surface area contributed by atoms with Gasteiger partial charge in [-0.05, 0) is 49.1 Å². The summed E-state index contributed by atoms with van der Waals surface area (Å²) in [6.07, 6.45) is 0. The van der Waals surface area contributed by atoms with Crippen molar-refractivity contribution in [1.82, 2.24) is 9.78 Å². The minimum absolute atomic E-state index is 0.462. The van der Waals surface area contributed by atoms with Crippen LogP contribution in [0.1, 0.15) is 36.6 Å². The van der Waals surface area contributed by atoms with Crippen LogP contribution >= 0.6 is 12.2 Å². The molecule has 0 spiro atoms. The van der Waals surface area contributed by atoms with E-state index in [4.69, 9.17) is 12.2 Å². The molecule has 90 valence electrons. The van der Waals surface area contributed by atoms with Gasteiger partial charge in [0.15, 0.2) is 0 Å². The number of benzene rings is 1. The minimum atomic E-state index is 0.462. The van der Waals surface area contributed by atoms with Gasteiger partial charge in [-0.15, -0.1) is 0 Å². The average molecular weight is 246 g/mol. The van der Waals surface area contributed by atoms with Crippen LogP contribution in [0.3, 0.4) is 0 Å². The highest BCUT2D eigenvalue weighted by Crippen LogP contribution is 2.17. The number of hydrogen-bond donors (Lipinski definition) is 1. The second kappa shape index (κ2) is 4.49. The molecule has 0 amide bonds. The van der Waals surface area contributed by atoms with E-state index in [2.05, 4.69) is 51.0 Å². The van der Waals surface area contributed by atoms with Gasteiger partial charge in [-0.3, -0.25) is 5.10 Å². The van der Waals surface area contributed by atoms with Crippen LogP contribution in [0.15, 0.2) is 24.3 Å². The van der Waals surface area contributed by atoms with E-state index in [0.29, 0.717) is 5.92 Å². The Hall–Kier alpha value is -1.35. The lowest BCUT2D eigenvalue weighted by Crippen LogP contribution is -1.99. The van der Waals surface area contributed by atoms with Crippen molar-refractivity contribution >= 4 is 12.2 Å². The molecule has 1 aromatic carbocycles. The van der Waals surface area contributed by atoms with Gasteiger partial charge in [0.25, 0.3) is 0 Å². The molecule has 0 aliphatic heterocycles. The van der Waals surface area contributed by atoms with Crippen molar-refractivity contribution < 1.29 is 0 Å². The largest absolute Gasteiger partial charge is 0.297 e. The standard InChI is InChI=1S/C14H18N2S/c1-9(2)13-8-14(17)16(15-13)12-6-10(3)5-11(4)7-12/h5-9,15H,1-4H3. The summed E-state index contributed by atoms with van der Waals surface area (Å²) in [5, 5.41) is 3.36. The summed E-state index contributed by atoms with van der Waals surface area (Å²) in [5.74, 6) is 0.462. The van der Waals surface area contributed by atoms with Crippen LogP contribution in [-0.2, 0) is 0 Å². The molecule has 1 N–H and O–H groups in total. The van der Waals surface area contributed by atoms with Crippen molar-refractivity contribution in [2.24, 2.45) is 0 Å². The summed E-state index contributed by atoms with van der Waals surface area (Å²) < 4.78 is 2.81. The third kappa shape index (κ3) is 2.50. The number of aryl methyl sites for hydroxylation is 2. The fourth-order valence-corrected chi connectivity index (χ4v) is 2.26. The van der Waals surface area contributed by atoms with Gasteiger partial charge < -0.3 is 0 Å². The lowest BCUT2D eigenvalue weighted by atomic mass is 10.1. The predicted octanol–water partition coefficient (Wildman–Crippen LogP) is 4.28. The summed E-state index contributed by atoms with van der Waals surface area (Å²) >= 11 is 5.39. The minimum Gasteiger partial charge on any atom is -0.297 e. The third-order valence-corrected chi connectivity index (χ3v) is 3.13. The summed E-state index contributed by atoms with van der Waals surface area (Å²) in [4.78, 5) is 0. The highest BCUT2D eigenvalue weighted by Gasteiger charge is 2.06. The smallest absolute Gasteiger partial charge is 0.127 e. The lowest BCUT2D eigenvalue weighted by molar-refractivity contribution is 0.765. The number of rotatable bonds is 2. The number of hydrogen-bond acceptors (Lipinski definition) is 1. The molecule has 2 aromatic rings. The Balaban J connectivity index is 2.56. The summed E-state index contributed by atoms with van der Waals surface area (Å²) in [6, 6.07) is 8.49. The van der Waals surface area contributed by atoms with Gasteiger partial charge in [0.05, 0.1) is 5.69 Å². The van der Waals surface area contributed by atoms with E-state index in [1.54, 1.807) is 0 Å².